The Hall–Kier alpha value is -2.55. The zero-order valence-electron chi connectivity index (χ0n) is 12.7. The van der Waals surface area contributed by atoms with E-state index in [0.29, 0.717) is 17.2 Å². The highest BCUT2D eigenvalue weighted by Crippen LogP contribution is 2.26. The van der Waals surface area contributed by atoms with Gasteiger partial charge in [-0.2, -0.15) is 0 Å². The van der Waals surface area contributed by atoms with Gasteiger partial charge in [0.2, 0.25) is 0 Å². The molecule has 0 saturated heterocycles. The summed E-state index contributed by atoms with van der Waals surface area (Å²) < 4.78 is 0.969. The van der Waals surface area contributed by atoms with Crippen molar-refractivity contribution in [1.29, 1.82) is 0 Å². The van der Waals surface area contributed by atoms with Crippen LogP contribution in [0.25, 0.3) is 11.4 Å². The van der Waals surface area contributed by atoms with Crippen LogP contribution in [0.4, 0.5) is 16.4 Å². The van der Waals surface area contributed by atoms with Gasteiger partial charge < -0.3 is 5.11 Å². The molecule has 1 amide bonds. The van der Waals surface area contributed by atoms with Crippen LogP contribution in [0.15, 0.2) is 54.9 Å². The van der Waals surface area contributed by atoms with Gasteiger partial charge in [-0.25, -0.2) is 19.7 Å². The van der Waals surface area contributed by atoms with E-state index in [9.17, 15) is 9.90 Å². The molecular formula is C17H13IN4O2. The Kier molecular flexibility index (Phi) is 4.70. The molecule has 0 spiro atoms. The summed E-state index contributed by atoms with van der Waals surface area (Å²) in [5, 5.41) is 9.63. The van der Waals surface area contributed by atoms with Crippen LogP contribution in [0, 0.1) is 10.5 Å². The van der Waals surface area contributed by atoms with Crippen molar-refractivity contribution in [3.8, 4) is 11.4 Å². The van der Waals surface area contributed by atoms with E-state index in [-0.39, 0.29) is 5.82 Å². The van der Waals surface area contributed by atoms with Crippen LogP contribution in [0.3, 0.4) is 0 Å². The molecule has 1 N–H and O–H groups in total. The largest absolute Gasteiger partial charge is 0.464 e. The average Bonchev–Trinajstić information content (AvgIpc) is 2.59. The van der Waals surface area contributed by atoms with Gasteiger partial charge in [0.1, 0.15) is 11.6 Å². The molecule has 24 heavy (non-hydrogen) atoms. The van der Waals surface area contributed by atoms with Gasteiger partial charge in [-0.3, -0.25) is 4.98 Å². The van der Waals surface area contributed by atoms with E-state index in [0.717, 1.165) is 14.0 Å². The number of hydrogen-bond donors (Lipinski definition) is 1. The smallest absolute Gasteiger partial charge is 0.418 e. The SMILES string of the molecule is Cc1cc(N(C(=O)O)c2cccc(-c3ccccn3)n2)ncc1I. The van der Waals surface area contributed by atoms with Crippen molar-refractivity contribution in [2.24, 2.45) is 0 Å². The van der Waals surface area contributed by atoms with Crippen LogP contribution in [-0.2, 0) is 0 Å². The first-order chi connectivity index (χ1) is 11.6. The minimum Gasteiger partial charge on any atom is -0.464 e. The van der Waals surface area contributed by atoms with Crippen LogP contribution in [-0.4, -0.2) is 26.2 Å². The number of carboxylic acid groups (broad SMARTS) is 1. The molecule has 6 nitrogen and oxygen atoms in total. The Morgan fingerprint density at radius 3 is 2.54 bits per heavy atom. The molecule has 3 heterocycles. The third kappa shape index (κ3) is 3.35. The van der Waals surface area contributed by atoms with Gasteiger partial charge in [0.15, 0.2) is 0 Å². The lowest BCUT2D eigenvalue weighted by Gasteiger charge is -2.18. The number of nitrogens with zero attached hydrogens (tertiary/aromatic N) is 4. The second kappa shape index (κ2) is 6.91. The number of hydrogen-bond acceptors (Lipinski definition) is 4. The van der Waals surface area contributed by atoms with Crippen LogP contribution in [0.2, 0.25) is 0 Å². The zero-order chi connectivity index (χ0) is 17.1. The molecule has 3 rings (SSSR count). The molecule has 0 aliphatic heterocycles. The van der Waals surface area contributed by atoms with Gasteiger partial charge in [-0.1, -0.05) is 12.1 Å². The molecule has 120 valence electrons. The number of aryl methyl sites for hydroxylation is 1. The molecule has 3 aromatic heterocycles. The van der Waals surface area contributed by atoms with Crippen LogP contribution in [0.1, 0.15) is 5.56 Å². The molecule has 3 aromatic rings. The molecule has 0 aliphatic rings. The fraction of sp³-hybridized carbons (Fsp3) is 0.0588. The van der Waals surface area contributed by atoms with E-state index >= 15 is 0 Å². The lowest BCUT2D eigenvalue weighted by atomic mass is 10.2. The van der Waals surface area contributed by atoms with Crippen molar-refractivity contribution in [2.75, 3.05) is 4.90 Å². The maximum absolute atomic E-state index is 11.8. The van der Waals surface area contributed by atoms with Crippen molar-refractivity contribution in [3.63, 3.8) is 0 Å². The third-order valence-electron chi connectivity index (χ3n) is 3.34. The molecule has 0 atom stereocenters. The van der Waals surface area contributed by atoms with E-state index < -0.39 is 6.09 Å². The molecule has 7 heteroatoms. The summed E-state index contributed by atoms with van der Waals surface area (Å²) in [6.07, 6.45) is 2.17. The highest BCUT2D eigenvalue weighted by atomic mass is 127. The van der Waals surface area contributed by atoms with Crippen LogP contribution in [0.5, 0.6) is 0 Å². The van der Waals surface area contributed by atoms with E-state index in [2.05, 4.69) is 37.5 Å². The normalized spacial score (nSPS) is 10.4. The first-order valence-corrected chi connectivity index (χ1v) is 8.18. The summed E-state index contributed by atoms with van der Waals surface area (Å²) in [6.45, 7) is 1.91. The fourth-order valence-electron chi connectivity index (χ4n) is 2.16. The molecule has 0 radical (unpaired) electrons. The van der Waals surface area contributed by atoms with Crippen molar-refractivity contribution < 1.29 is 9.90 Å². The standard InChI is InChI=1S/C17H13IN4O2/c1-11-9-16(20-10-12(11)18)22(17(23)24)15-7-4-6-14(21-15)13-5-2-3-8-19-13/h2-10H,1H3,(H,23,24). The van der Waals surface area contributed by atoms with Gasteiger partial charge in [0.05, 0.1) is 11.4 Å². The molecule has 0 fully saturated rings. The summed E-state index contributed by atoms with van der Waals surface area (Å²) in [7, 11) is 0. The minimum absolute atomic E-state index is 0.277. The van der Waals surface area contributed by atoms with Crippen molar-refractivity contribution in [2.45, 2.75) is 6.92 Å². The third-order valence-corrected chi connectivity index (χ3v) is 4.47. The molecule has 0 aliphatic carbocycles. The zero-order valence-corrected chi connectivity index (χ0v) is 14.9. The predicted octanol–water partition coefficient (Wildman–Crippen LogP) is 4.27. The predicted molar refractivity (Wildman–Crippen MR) is 99.3 cm³/mol. The Balaban J connectivity index is 2.06. The molecular weight excluding hydrogens is 419 g/mol. The first kappa shape index (κ1) is 16.3. The topological polar surface area (TPSA) is 79.2 Å². The monoisotopic (exact) mass is 432 g/mol. The van der Waals surface area contributed by atoms with E-state index in [1.54, 1.807) is 36.7 Å². The van der Waals surface area contributed by atoms with Crippen LogP contribution >= 0.6 is 22.6 Å². The number of amides is 1. The quantitative estimate of drug-likeness (QED) is 0.626. The van der Waals surface area contributed by atoms with Gasteiger partial charge in [-0.05, 0) is 65.4 Å². The lowest BCUT2D eigenvalue weighted by Crippen LogP contribution is -2.25. The highest BCUT2D eigenvalue weighted by Gasteiger charge is 2.20. The Labute approximate surface area is 152 Å². The second-order valence-electron chi connectivity index (χ2n) is 5.01. The Morgan fingerprint density at radius 2 is 1.88 bits per heavy atom. The number of anilines is 2. The van der Waals surface area contributed by atoms with Crippen molar-refractivity contribution >= 4 is 40.3 Å². The molecule has 0 unspecified atom stereocenters. The van der Waals surface area contributed by atoms with E-state index in [1.807, 2.05) is 25.1 Å². The summed E-state index contributed by atoms with van der Waals surface area (Å²) in [5.74, 6) is 0.588. The highest BCUT2D eigenvalue weighted by molar-refractivity contribution is 14.1. The number of aromatic nitrogens is 3. The number of halogens is 1. The van der Waals surface area contributed by atoms with Crippen molar-refractivity contribution in [1.82, 2.24) is 15.0 Å². The Morgan fingerprint density at radius 1 is 1.08 bits per heavy atom. The summed E-state index contributed by atoms with van der Waals surface area (Å²) in [6, 6.07) is 12.4. The molecule has 0 saturated carbocycles. The van der Waals surface area contributed by atoms with Crippen LogP contribution < -0.4 is 4.90 Å². The van der Waals surface area contributed by atoms with Gasteiger partial charge >= 0.3 is 6.09 Å². The minimum atomic E-state index is -1.14. The Bertz CT molecular complexity index is 887. The van der Waals surface area contributed by atoms with E-state index in [4.69, 9.17) is 0 Å². The van der Waals surface area contributed by atoms with Gasteiger partial charge in [-0.15, -0.1) is 0 Å². The molecule has 0 aromatic carbocycles. The first-order valence-electron chi connectivity index (χ1n) is 7.10. The number of rotatable bonds is 3. The summed E-state index contributed by atoms with van der Waals surface area (Å²) in [4.78, 5) is 25.7. The molecule has 0 bridgehead atoms. The average molecular weight is 432 g/mol. The summed E-state index contributed by atoms with van der Waals surface area (Å²) >= 11 is 2.16. The summed E-state index contributed by atoms with van der Waals surface area (Å²) in [5.41, 5.74) is 2.23. The van der Waals surface area contributed by atoms with Gasteiger partial charge in [0, 0.05) is 16.0 Å². The van der Waals surface area contributed by atoms with Crippen molar-refractivity contribution in [3.05, 3.63) is 64.0 Å². The maximum Gasteiger partial charge on any atom is 0.418 e. The van der Waals surface area contributed by atoms with Gasteiger partial charge in [0.25, 0.3) is 0 Å². The number of carbonyl (C=O) groups is 1. The van der Waals surface area contributed by atoms with E-state index in [1.165, 1.54) is 0 Å². The second-order valence-corrected chi connectivity index (χ2v) is 6.17. The maximum atomic E-state index is 11.8. The number of pyridine rings is 3. The lowest BCUT2D eigenvalue weighted by molar-refractivity contribution is 0.204. The fourth-order valence-corrected chi connectivity index (χ4v) is 2.46.